The first-order valence-electron chi connectivity index (χ1n) is 15.5. The van der Waals surface area contributed by atoms with E-state index in [0.29, 0.717) is 41.8 Å². The van der Waals surface area contributed by atoms with Crippen LogP contribution in [0.15, 0.2) is 55.1 Å². The second-order valence-electron chi connectivity index (χ2n) is 12.5. The van der Waals surface area contributed by atoms with Crippen LogP contribution < -0.4 is 0 Å². The van der Waals surface area contributed by atoms with E-state index in [0.717, 1.165) is 32.5 Å². The van der Waals surface area contributed by atoms with Crippen LogP contribution in [-0.2, 0) is 9.53 Å². The maximum Gasteiger partial charge on any atom is 0.143 e. The molecular formula is C36H47NO2. The molecule has 0 spiro atoms. The van der Waals surface area contributed by atoms with Crippen molar-refractivity contribution in [3.63, 3.8) is 0 Å². The molecule has 6 atom stereocenters. The van der Waals surface area contributed by atoms with Gasteiger partial charge < -0.3 is 4.74 Å². The fourth-order valence-corrected chi connectivity index (χ4v) is 7.39. The van der Waals surface area contributed by atoms with Gasteiger partial charge in [-0.1, -0.05) is 83.4 Å². The monoisotopic (exact) mass is 525 g/mol. The average Bonchev–Trinajstić information content (AvgIpc) is 3.71. The standard InChI is InChI=1S/C36H47NO2/c1-6-9-14-34(38)36-18-10-13-30(32(36)22-36)26-15-16-31-27(20-26)21-33(28-17-19-39-23-25(28)5)37-35(31)29(12-8-3)24(4)11-7-2/h6,10,13,15-16,18,20-21,24-25,28-29,32H,1,7-9,11-12,14,17,19,22-23H2,2-5H3/t24-,25-,28?,29?,32?,36?/m0/s1. The molecule has 3 aliphatic rings. The normalized spacial score (nSPS) is 27.5. The number of aromatic nitrogens is 1. The van der Waals surface area contributed by atoms with E-state index >= 15 is 0 Å². The summed E-state index contributed by atoms with van der Waals surface area (Å²) in [6.45, 7) is 14.8. The maximum atomic E-state index is 13.1. The quantitative estimate of drug-likeness (QED) is 0.259. The predicted octanol–water partition coefficient (Wildman–Crippen LogP) is 9.19. The van der Waals surface area contributed by atoms with Gasteiger partial charge in [-0.15, -0.1) is 6.58 Å². The van der Waals surface area contributed by atoms with Crippen LogP contribution in [0.5, 0.6) is 0 Å². The zero-order valence-electron chi connectivity index (χ0n) is 24.5. The average molecular weight is 526 g/mol. The van der Waals surface area contributed by atoms with Gasteiger partial charge in [0.05, 0.1) is 11.1 Å². The first-order valence-corrected chi connectivity index (χ1v) is 15.5. The summed E-state index contributed by atoms with van der Waals surface area (Å²) >= 11 is 0. The Morgan fingerprint density at radius 2 is 2.05 bits per heavy atom. The highest BCUT2D eigenvalue weighted by molar-refractivity contribution is 5.97. The minimum atomic E-state index is -0.296. The second-order valence-corrected chi connectivity index (χ2v) is 12.5. The van der Waals surface area contributed by atoms with Crippen molar-refractivity contribution < 1.29 is 9.53 Å². The maximum absolute atomic E-state index is 13.1. The molecule has 3 nitrogen and oxygen atoms in total. The third kappa shape index (κ3) is 5.44. The Labute approximate surface area is 235 Å². The molecule has 0 N–H and O–H groups in total. The first kappa shape index (κ1) is 28.0. The summed E-state index contributed by atoms with van der Waals surface area (Å²) in [5.74, 6) is 2.64. The summed E-state index contributed by atoms with van der Waals surface area (Å²) in [5, 5.41) is 2.61. The molecule has 208 valence electrons. The van der Waals surface area contributed by atoms with Crippen molar-refractivity contribution in [1.82, 2.24) is 4.98 Å². The van der Waals surface area contributed by atoms with E-state index in [4.69, 9.17) is 9.72 Å². The lowest BCUT2D eigenvalue weighted by molar-refractivity contribution is -0.122. The summed E-state index contributed by atoms with van der Waals surface area (Å²) in [6.07, 6.45) is 16.5. The van der Waals surface area contributed by atoms with Gasteiger partial charge in [0.25, 0.3) is 0 Å². The van der Waals surface area contributed by atoms with E-state index < -0.39 is 0 Å². The van der Waals surface area contributed by atoms with Crippen molar-refractivity contribution in [3.05, 3.63) is 72.1 Å². The van der Waals surface area contributed by atoms with Gasteiger partial charge in [-0.25, -0.2) is 0 Å². The Morgan fingerprint density at radius 1 is 1.23 bits per heavy atom. The molecule has 2 heterocycles. The molecule has 1 saturated carbocycles. The van der Waals surface area contributed by atoms with Crippen LogP contribution in [0.1, 0.15) is 108 Å². The van der Waals surface area contributed by atoms with Crippen molar-refractivity contribution in [1.29, 1.82) is 0 Å². The number of allylic oxidation sites excluding steroid dienone is 5. The molecular weight excluding hydrogens is 478 g/mol. The number of fused-ring (bicyclic) bond motifs is 2. The molecule has 2 aliphatic carbocycles. The zero-order chi connectivity index (χ0) is 27.6. The molecule has 1 aromatic heterocycles. The largest absolute Gasteiger partial charge is 0.381 e. The molecule has 1 aromatic carbocycles. The van der Waals surface area contributed by atoms with Gasteiger partial charge in [0.15, 0.2) is 0 Å². The molecule has 5 rings (SSSR count). The van der Waals surface area contributed by atoms with E-state index in [2.05, 4.69) is 76.8 Å². The fraction of sp³-hybridized carbons (Fsp3) is 0.556. The minimum absolute atomic E-state index is 0.296. The summed E-state index contributed by atoms with van der Waals surface area (Å²) in [6, 6.07) is 9.38. The van der Waals surface area contributed by atoms with Crippen molar-refractivity contribution in [3.8, 4) is 0 Å². The van der Waals surface area contributed by atoms with Crippen LogP contribution in [0.4, 0.5) is 0 Å². The highest BCUT2D eigenvalue weighted by atomic mass is 16.5. The molecule has 2 fully saturated rings. The van der Waals surface area contributed by atoms with Crippen molar-refractivity contribution in [2.24, 2.45) is 23.2 Å². The van der Waals surface area contributed by atoms with E-state index in [-0.39, 0.29) is 5.41 Å². The lowest BCUT2D eigenvalue weighted by atomic mass is 9.80. The molecule has 0 bridgehead atoms. The molecule has 3 heteroatoms. The first-order chi connectivity index (χ1) is 18.9. The number of rotatable bonds is 12. The van der Waals surface area contributed by atoms with E-state index in [1.54, 1.807) is 0 Å². The summed E-state index contributed by atoms with van der Waals surface area (Å²) < 4.78 is 5.80. The second kappa shape index (κ2) is 11.9. The van der Waals surface area contributed by atoms with Gasteiger partial charge in [-0.2, -0.15) is 0 Å². The third-order valence-corrected chi connectivity index (χ3v) is 9.76. The van der Waals surface area contributed by atoms with Crippen molar-refractivity contribution >= 4 is 22.1 Å². The Balaban J connectivity index is 1.57. The van der Waals surface area contributed by atoms with Gasteiger partial charge in [0, 0.05) is 48.5 Å². The van der Waals surface area contributed by atoms with Gasteiger partial charge in [-0.3, -0.25) is 9.78 Å². The predicted molar refractivity (Wildman–Crippen MR) is 163 cm³/mol. The van der Waals surface area contributed by atoms with Crippen LogP contribution in [0.2, 0.25) is 0 Å². The molecule has 39 heavy (non-hydrogen) atoms. The molecule has 2 aromatic rings. The summed E-state index contributed by atoms with van der Waals surface area (Å²) in [7, 11) is 0. The Kier molecular flexibility index (Phi) is 8.57. The van der Waals surface area contributed by atoms with Crippen molar-refractivity contribution in [2.75, 3.05) is 13.2 Å². The van der Waals surface area contributed by atoms with Crippen LogP contribution in [0.25, 0.3) is 16.3 Å². The molecule has 1 saturated heterocycles. The lowest BCUT2D eigenvalue weighted by Gasteiger charge is -2.31. The summed E-state index contributed by atoms with van der Waals surface area (Å²) in [5.41, 5.74) is 4.82. The number of Topliss-reactive ketones (excluding diaryl/α,β-unsaturated/α-hetero) is 1. The number of ketones is 1. The number of pyridine rings is 1. The van der Waals surface area contributed by atoms with Crippen molar-refractivity contribution in [2.45, 2.75) is 90.9 Å². The minimum Gasteiger partial charge on any atom is -0.381 e. The number of benzene rings is 1. The Hall–Kier alpha value is -2.52. The van der Waals surface area contributed by atoms with Crippen LogP contribution in [0, 0.1) is 23.2 Å². The number of hydrogen-bond donors (Lipinski definition) is 0. The van der Waals surface area contributed by atoms with Crippen LogP contribution in [-0.4, -0.2) is 24.0 Å². The topological polar surface area (TPSA) is 39.2 Å². The fourth-order valence-electron chi connectivity index (χ4n) is 7.39. The summed E-state index contributed by atoms with van der Waals surface area (Å²) in [4.78, 5) is 18.6. The smallest absolute Gasteiger partial charge is 0.143 e. The molecule has 0 amide bonds. The SMILES string of the molecule is C=CCCC(=O)C12C=CC=C(c3ccc4c(C(CCC)[C@@H](C)CCC)nc(C5CCOC[C@@H]5C)cc4c3)C1C2. The number of ether oxygens (including phenoxy) is 1. The van der Waals surface area contributed by atoms with E-state index in [1.807, 2.05) is 6.08 Å². The van der Waals surface area contributed by atoms with E-state index in [9.17, 15) is 4.79 Å². The number of hydrogen-bond acceptors (Lipinski definition) is 3. The van der Waals surface area contributed by atoms with Gasteiger partial charge >= 0.3 is 0 Å². The molecule has 4 unspecified atom stereocenters. The number of carbonyl (C=O) groups excluding carboxylic acids is 1. The highest BCUT2D eigenvalue weighted by Crippen LogP contribution is 2.63. The van der Waals surface area contributed by atoms with Gasteiger partial charge in [-0.05, 0) is 66.2 Å². The Bertz CT molecular complexity index is 1270. The van der Waals surface area contributed by atoms with Crippen LogP contribution >= 0.6 is 0 Å². The zero-order valence-corrected chi connectivity index (χ0v) is 24.5. The van der Waals surface area contributed by atoms with E-state index in [1.165, 1.54) is 59.0 Å². The van der Waals surface area contributed by atoms with Gasteiger partial charge in [0.2, 0.25) is 0 Å². The number of nitrogens with zero attached hydrogens (tertiary/aromatic N) is 1. The molecule has 1 aliphatic heterocycles. The third-order valence-electron chi connectivity index (χ3n) is 9.76. The van der Waals surface area contributed by atoms with Crippen LogP contribution in [0.3, 0.4) is 0 Å². The number of carbonyl (C=O) groups is 1. The highest BCUT2D eigenvalue weighted by Gasteiger charge is 2.59. The van der Waals surface area contributed by atoms with Gasteiger partial charge in [0.1, 0.15) is 5.78 Å². The lowest BCUT2D eigenvalue weighted by Crippen LogP contribution is -2.25. The molecule has 0 radical (unpaired) electrons. The Morgan fingerprint density at radius 3 is 2.79 bits per heavy atom.